The summed E-state index contributed by atoms with van der Waals surface area (Å²) in [5, 5.41) is 16.3. The minimum absolute atomic E-state index is 0.0504. The molecule has 0 unspecified atom stereocenters. The van der Waals surface area contributed by atoms with Crippen molar-refractivity contribution in [3.63, 3.8) is 0 Å². The number of carbonyl (C=O) groups excluding carboxylic acids is 4. The van der Waals surface area contributed by atoms with Crippen LogP contribution in [0, 0.1) is 5.92 Å². The van der Waals surface area contributed by atoms with Crippen molar-refractivity contribution >= 4 is 29.6 Å². The maximum absolute atomic E-state index is 12.9. The minimum Gasteiger partial charge on any atom is -0.480 e. The number of amides is 4. The molecule has 0 saturated carbocycles. The Hall–Kier alpha value is -3.47. The molecular formula is C22H33N5O6. The molecule has 11 nitrogen and oxygen atoms in total. The summed E-state index contributed by atoms with van der Waals surface area (Å²) >= 11 is 0. The molecule has 1 aromatic carbocycles. The van der Waals surface area contributed by atoms with Gasteiger partial charge in [-0.3, -0.25) is 24.0 Å². The van der Waals surface area contributed by atoms with Gasteiger partial charge in [0.15, 0.2) is 0 Å². The molecule has 0 heterocycles. The summed E-state index contributed by atoms with van der Waals surface area (Å²) in [6.07, 6.45) is -0.0884. The molecule has 11 heteroatoms. The second-order valence-electron chi connectivity index (χ2n) is 8.29. The maximum atomic E-state index is 12.9. The monoisotopic (exact) mass is 463 g/mol. The summed E-state index contributed by atoms with van der Waals surface area (Å²) in [5.74, 6) is -4.14. The van der Waals surface area contributed by atoms with Crippen molar-refractivity contribution in [2.75, 3.05) is 0 Å². The van der Waals surface area contributed by atoms with Gasteiger partial charge in [0, 0.05) is 6.42 Å². The molecule has 0 aliphatic heterocycles. The first kappa shape index (κ1) is 27.6. The van der Waals surface area contributed by atoms with E-state index in [0.717, 1.165) is 0 Å². The van der Waals surface area contributed by atoms with Crippen LogP contribution in [0.3, 0.4) is 0 Å². The van der Waals surface area contributed by atoms with Crippen LogP contribution in [-0.4, -0.2) is 58.9 Å². The first-order valence-corrected chi connectivity index (χ1v) is 10.6. The molecule has 0 aliphatic carbocycles. The van der Waals surface area contributed by atoms with Crippen LogP contribution in [0.1, 0.15) is 39.2 Å². The molecule has 0 fully saturated rings. The average Bonchev–Trinajstić information content (AvgIpc) is 2.72. The van der Waals surface area contributed by atoms with Crippen LogP contribution in [0.4, 0.5) is 0 Å². The van der Waals surface area contributed by atoms with Gasteiger partial charge < -0.3 is 32.5 Å². The molecule has 0 spiro atoms. The molecule has 4 amide bonds. The Balaban J connectivity index is 3.04. The number of carbonyl (C=O) groups is 5. The molecular weight excluding hydrogens is 430 g/mol. The zero-order chi connectivity index (χ0) is 25.1. The highest BCUT2D eigenvalue weighted by atomic mass is 16.4. The highest BCUT2D eigenvalue weighted by molar-refractivity contribution is 5.96. The second-order valence-corrected chi connectivity index (χ2v) is 8.29. The molecule has 182 valence electrons. The minimum atomic E-state index is -1.35. The van der Waals surface area contributed by atoms with Crippen molar-refractivity contribution in [1.29, 1.82) is 0 Å². The molecule has 0 bridgehead atoms. The van der Waals surface area contributed by atoms with Crippen LogP contribution in [0.15, 0.2) is 30.3 Å². The number of benzene rings is 1. The van der Waals surface area contributed by atoms with Gasteiger partial charge in [-0.2, -0.15) is 0 Å². The third-order valence-corrected chi connectivity index (χ3v) is 4.75. The normalized spacial score (nSPS) is 14.5. The predicted molar refractivity (Wildman–Crippen MR) is 120 cm³/mol. The van der Waals surface area contributed by atoms with Crippen molar-refractivity contribution in [3.8, 4) is 0 Å². The van der Waals surface area contributed by atoms with E-state index in [1.807, 2.05) is 13.8 Å². The standard InChI is InChI=1S/C22H33N5O6/c1-12(2)9-15(23)19(29)26-17(11-18(24)28)21(31)27-16(10-14-7-5-4-6-8-14)20(30)25-13(3)22(32)33/h4-8,12-13,15-17H,9-11,23H2,1-3H3,(H2,24,28)(H,25,30)(H,26,29)(H,27,31)(H,32,33)/t13-,15-,16-,17-/m0/s1. The summed E-state index contributed by atoms with van der Waals surface area (Å²) in [5.41, 5.74) is 11.8. The Morgan fingerprint density at radius 2 is 1.42 bits per heavy atom. The third kappa shape index (κ3) is 10.1. The predicted octanol–water partition coefficient (Wildman–Crippen LogP) is -0.963. The molecule has 33 heavy (non-hydrogen) atoms. The number of carboxylic acids is 1. The number of rotatable bonds is 13. The van der Waals surface area contributed by atoms with E-state index in [2.05, 4.69) is 16.0 Å². The van der Waals surface area contributed by atoms with Crippen LogP contribution < -0.4 is 27.4 Å². The zero-order valence-electron chi connectivity index (χ0n) is 19.0. The van der Waals surface area contributed by atoms with Gasteiger partial charge in [-0.1, -0.05) is 44.2 Å². The van der Waals surface area contributed by atoms with Crippen molar-refractivity contribution < 1.29 is 29.1 Å². The Morgan fingerprint density at radius 1 is 0.879 bits per heavy atom. The highest BCUT2D eigenvalue weighted by Gasteiger charge is 2.30. The van der Waals surface area contributed by atoms with Gasteiger partial charge in [-0.25, -0.2) is 0 Å². The number of nitrogens with one attached hydrogen (secondary N) is 3. The van der Waals surface area contributed by atoms with Gasteiger partial charge in [0.05, 0.1) is 12.5 Å². The molecule has 0 aromatic heterocycles. The number of carboxylic acid groups (broad SMARTS) is 1. The fourth-order valence-corrected chi connectivity index (χ4v) is 3.01. The summed E-state index contributed by atoms with van der Waals surface area (Å²) in [4.78, 5) is 60.6. The Kier molecular flexibility index (Phi) is 11.0. The van der Waals surface area contributed by atoms with Crippen LogP contribution in [-0.2, 0) is 30.4 Å². The van der Waals surface area contributed by atoms with Crippen LogP contribution >= 0.6 is 0 Å². The van der Waals surface area contributed by atoms with Crippen molar-refractivity contribution in [2.45, 2.75) is 64.2 Å². The topological polar surface area (TPSA) is 194 Å². The molecule has 0 radical (unpaired) electrons. The van der Waals surface area contributed by atoms with Crippen LogP contribution in [0.25, 0.3) is 0 Å². The van der Waals surface area contributed by atoms with E-state index in [1.54, 1.807) is 30.3 Å². The van der Waals surface area contributed by atoms with E-state index in [-0.39, 0.29) is 12.3 Å². The fourth-order valence-electron chi connectivity index (χ4n) is 3.01. The average molecular weight is 464 g/mol. The first-order valence-electron chi connectivity index (χ1n) is 10.6. The molecule has 4 atom stereocenters. The lowest BCUT2D eigenvalue weighted by Gasteiger charge is -2.24. The number of aliphatic carboxylic acids is 1. The van der Waals surface area contributed by atoms with Gasteiger partial charge in [0.1, 0.15) is 18.1 Å². The first-order chi connectivity index (χ1) is 15.4. The molecule has 0 saturated heterocycles. The number of hydrogen-bond acceptors (Lipinski definition) is 6. The number of primary amides is 1. The van der Waals surface area contributed by atoms with E-state index >= 15 is 0 Å². The summed E-state index contributed by atoms with van der Waals surface area (Å²) in [6, 6.07) is 4.14. The van der Waals surface area contributed by atoms with Gasteiger partial charge in [0.25, 0.3) is 0 Å². The third-order valence-electron chi connectivity index (χ3n) is 4.75. The lowest BCUT2D eigenvalue weighted by Crippen LogP contribution is -2.58. The molecule has 0 aliphatic rings. The zero-order valence-corrected chi connectivity index (χ0v) is 19.0. The Morgan fingerprint density at radius 3 is 1.94 bits per heavy atom. The lowest BCUT2D eigenvalue weighted by molar-refractivity contribution is -0.142. The number of nitrogens with two attached hydrogens (primary N) is 2. The maximum Gasteiger partial charge on any atom is 0.325 e. The van der Waals surface area contributed by atoms with Gasteiger partial charge >= 0.3 is 5.97 Å². The smallest absolute Gasteiger partial charge is 0.325 e. The number of hydrogen-bond donors (Lipinski definition) is 6. The van der Waals surface area contributed by atoms with Gasteiger partial charge in [0.2, 0.25) is 23.6 Å². The van der Waals surface area contributed by atoms with E-state index in [1.165, 1.54) is 6.92 Å². The highest BCUT2D eigenvalue weighted by Crippen LogP contribution is 2.07. The summed E-state index contributed by atoms with van der Waals surface area (Å²) in [7, 11) is 0. The summed E-state index contributed by atoms with van der Waals surface area (Å²) < 4.78 is 0. The van der Waals surface area contributed by atoms with Gasteiger partial charge in [-0.15, -0.1) is 0 Å². The fraction of sp³-hybridized carbons (Fsp3) is 0.500. The van der Waals surface area contributed by atoms with Gasteiger partial charge in [-0.05, 0) is 24.8 Å². The second kappa shape index (κ2) is 13.2. The van der Waals surface area contributed by atoms with E-state index in [0.29, 0.717) is 12.0 Å². The Bertz CT molecular complexity index is 845. The molecule has 1 aromatic rings. The lowest BCUT2D eigenvalue weighted by atomic mass is 10.0. The van der Waals surface area contributed by atoms with Crippen molar-refractivity contribution in [1.82, 2.24) is 16.0 Å². The Labute approximate surface area is 192 Å². The summed E-state index contributed by atoms with van der Waals surface area (Å²) in [6.45, 7) is 5.05. The van der Waals surface area contributed by atoms with Crippen molar-refractivity contribution in [2.24, 2.45) is 17.4 Å². The van der Waals surface area contributed by atoms with E-state index in [4.69, 9.17) is 16.6 Å². The molecule has 1 rings (SSSR count). The van der Waals surface area contributed by atoms with E-state index < -0.39 is 60.2 Å². The van der Waals surface area contributed by atoms with Crippen LogP contribution in [0.5, 0.6) is 0 Å². The SMILES string of the molecule is CC(C)C[C@H](N)C(=O)N[C@@H](CC(N)=O)C(=O)N[C@@H](Cc1ccccc1)C(=O)N[C@@H](C)C(=O)O. The quantitative estimate of drug-likeness (QED) is 0.217. The molecule has 8 N–H and O–H groups in total. The van der Waals surface area contributed by atoms with Crippen molar-refractivity contribution in [3.05, 3.63) is 35.9 Å². The van der Waals surface area contributed by atoms with E-state index in [9.17, 15) is 24.0 Å². The van der Waals surface area contributed by atoms with Crippen LogP contribution in [0.2, 0.25) is 0 Å². The largest absolute Gasteiger partial charge is 0.480 e.